The Labute approximate surface area is 114 Å². The lowest BCUT2D eigenvalue weighted by atomic mass is 10.0. The third kappa shape index (κ3) is 5.70. The van der Waals surface area contributed by atoms with E-state index < -0.39 is 0 Å². The molecule has 0 saturated heterocycles. The highest BCUT2D eigenvalue weighted by molar-refractivity contribution is 5.74. The van der Waals surface area contributed by atoms with Crippen LogP contribution in [-0.2, 0) is 6.54 Å². The molecule has 0 fully saturated rings. The van der Waals surface area contributed by atoms with Crippen LogP contribution in [0.15, 0.2) is 18.2 Å². The van der Waals surface area contributed by atoms with E-state index in [9.17, 15) is 4.79 Å². The topological polar surface area (TPSA) is 74.2 Å². The first-order valence-corrected chi connectivity index (χ1v) is 6.60. The quantitative estimate of drug-likeness (QED) is 0.731. The fraction of sp³-hybridized carbons (Fsp3) is 0.571. The van der Waals surface area contributed by atoms with Crippen molar-refractivity contribution in [1.29, 1.82) is 0 Å². The SMILES string of the molecule is Cc1cccc(CNC(=O)NC(CCO)C(C)C)n1. The Hall–Kier alpha value is -1.62. The van der Waals surface area contributed by atoms with Crippen LogP contribution in [0, 0.1) is 12.8 Å². The van der Waals surface area contributed by atoms with Crippen LogP contribution in [0.1, 0.15) is 31.7 Å². The van der Waals surface area contributed by atoms with Crippen LogP contribution in [0.5, 0.6) is 0 Å². The Bertz CT molecular complexity index is 407. The summed E-state index contributed by atoms with van der Waals surface area (Å²) in [7, 11) is 0. The van der Waals surface area contributed by atoms with Crippen LogP contribution < -0.4 is 10.6 Å². The highest BCUT2D eigenvalue weighted by atomic mass is 16.3. The number of pyridine rings is 1. The van der Waals surface area contributed by atoms with E-state index in [1.165, 1.54) is 0 Å². The first-order valence-electron chi connectivity index (χ1n) is 6.60. The monoisotopic (exact) mass is 265 g/mol. The van der Waals surface area contributed by atoms with Gasteiger partial charge >= 0.3 is 6.03 Å². The van der Waals surface area contributed by atoms with Crippen LogP contribution in [0.2, 0.25) is 0 Å². The summed E-state index contributed by atoms with van der Waals surface area (Å²) in [6.45, 7) is 6.42. The highest BCUT2D eigenvalue weighted by Crippen LogP contribution is 2.05. The molecule has 1 atom stereocenters. The molecule has 106 valence electrons. The largest absolute Gasteiger partial charge is 0.396 e. The van der Waals surface area contributed by atoms with E-state index >= 15 is 0 Å². The van der Waals surface area contributed by atoms with E-state index in [2.05, 4.69) is 15.6 Å². The normalized spacial score (nSPS) is 12.3. The van der Waals surface area contributed by atoms with E-state index in [4.69, 9.17) is 5.11 Å². The Balaban J connectivity index is 2.42. The van der Waals surface area contributed by atoms with Crippen LogP contribution in [0.3, 0.4) is 0 Å². The standard InChI is InChI=1S/C14H23N3O2/c1-10(2)13(7-8-18)17-14(19)15-9-12-6-4-5-11(3)16-12/h4-6,10,13,18H,7-9H2,1-3H3,(H2,15,17,19). The van der Waals surface area contributed by atoms with Gasteiger partial charge in [-0.3, -0.25) is 4.98 Å². The molecule has 1 aromatic rings. The second-order valence-electron chi connectivity index (χ2n) is 4.96. The second kappa shape index (κ2) is 7.74. The number of rotatable bonds is 6. The van der Waals surface area contributed by atoms with Crippen LogP contribution >= 0.6 is 0 Å². The fourth-order valence-corrected chi connectivity index (χ4v) is 1.80. The van der Waals surface area contributed by atoms with Gasteiger partial charge in [-0.05, 0) is 31.4 Å². The van der Waals surface area contributed by atoms with Gasteiger partial charge in [-0.25, -0.2) is 4.79 Å². The maximum Gasteiger partial charge on any atom is 0.315 e. The molecule has 3 N–H and O–H groups in total. The molecule has 0 bridgehead atoms. The molecule has 1 aromatic heterocycles. The Morgan fingerprint density at radius 2 is 2.16 bits per heavy atom. The van der Waals surface area contributed by atoms with Crippen molar-refractivity contribution in [3.63, 3.8) is 0 Å². The number of nitrogens with one attached hydrogen (secondary N) is 2. The maximum atomic E-state index is 11.8. The third-order valence-electron chi connectivity index (χ3n) is 2.94. The molecule has 0 aliphatic rings. The Kier molecular flexibility index (Phi) is 6.29. The first-order chi connectivity index (χ1) is 9.02. The van der Waals surface area contributed by atoms with Crippen molar-refractivity contribution < 1.29 is 9.90 Å². The minimum atomic E-state index is -0.226. The number of nitrogens with zero attached hydrogens (tertiary/aromatic N) is 1. The van der Waals surface area contributed by atoms with Gasteiger partial charge in [-0.1, -0.05) is 19.9 Å². The van der Waals surface area contributed by atoms with Crippen LogP contribution in [-0.4, -0.2) is 28.8 Å². The number of aromatic nitrogens is 1. The molecule has 0 aromatic carbocycles. The van der Waals surface area contributed by atoms with Gasteiger partial charge in [0.2, 0.25) is 0 Å². The zero-order chi connectivity index (χ0) is 14.3. The van der Waals surface area contributed by atoms with E-state index in [1.54, 1.807) is 0 Å². The van der Waals surface area contributed by atoms with Crippen molar-refractivity contribution in [2.24, 2.45) is 5.92 Å². The maximum absolute atomic E-state index is 11.8. The molecule has 1 heterocycles. The summed E-state index contributed by atoms with van der Waals surface area (Å²) < 4.78 is 0. The lowest BCUT2D eigenvalue weighted by Crippen LogP contribution is -2.44. The average molecular weight is 265 g/mol. The molecular formula is C14H23N3O2. The van der Waals surface area contributed by atoms with Crippen molar-refractivity contribution in [2.75, 3.05) is 6.61 Å². The van der Waals surface area contributed by atoms with Crippen molar-refractivity contribution >= 4 is 6.03 Å². The molecule has 0 radical (unpaired) electrons. The van der Waals surface area contributed by atoms with Crippen molar-refractivity contribution in [1.82, 2.24) is 15.6 Å². The second-order valence-corrected chi connectivity index (χ2v) is 4.96. The molecule has 5 nitrogen and oxygen atoms in total. The summed E-state index contributed by atoms with van der Waals surface area (Å²) >= 11 is 0. The van der Waals surface area contributed by atoms with E-state index in [-0.39, 0.29) is 24.6 Å². The van der Waals surface area contributed by atoms with Crippen LogP contribution in [0.4, 0.5) is 4.79 Å². The molecule has 2 amide bonds. The van der Waals surface area contributed by atoms with Crippen molar-refractivity contribution in [2.45, 2.75) is 39.8 Å². The number of hydrogen-bond acceptors (Lipinski definition) is 3. The Morgan fingerprint density at radius 3 is 2.74 bits per heavy atom. The average Bonchev–Trinajstić information content (AvgIpc) is 2.36. The number of aliphatic hydroxyl groups excluding tert-OH is 1. The molecule has 1 unspecified atom stereocenters. The molecule has 5 heteroatoms. The molecule has 19 heavy (non-hydrogen) atoms. The molecule has 0 aliphatic carbocycles. The van der Waals surface area contributed by atoms with Gasteiger partial charge in [0, 0.05) is 18.3 Å². The van der Waals surface area contributed by atoms with Gasteiger partial charge in [-0.15, -0.1) is 0 Å². The minimum absolute atomic E-state index is 0.0181. The number of carbonyl (C=O) groups is 1. The van der Waals surface area contributed by atoms with Crippen molar-refractivity contribution in [3.8, 4) is 0 Å². The summed E-state index contributed by atoms with van der Waals surface area (Å²) in [6, 6.07) is 5.46. The van der Waals surface area contributed by atoms with Gasteiger partial charge in [0.1, 0.15) is 0 Å². The van der Waals surface area contributed by atoms with Gasteiger partial charge in [0.25, 0.3) is 0 Å². The smallest absolute Gasteiger partial charge is 0.315 e. The molecule has 0 saturated carbocycles. The minimum Gasteiger partial charge on any atom is -0.396 e. The number of aliphatic hydroxyl groups is 1. The zero-order valence-electron chi connectivity index (χ0n) is 11.8. The third-order valence-corrected chi connectivity index (χ3v) is 2.94. The van der Waals surface area contributed by atoms with Gasteiger partial charge in [-0.2, -0.15) is 0 Å². The number of aryl methyl sites for hydroxylation is 1. The zero-order valence-corrected chi connectivity index (χ0v) is 11.8. The summed E-state index contributed by atoms with van der Waals surface area (Å²) in [5.41, 5.74) is 1.76. The highest BCUT2D eigenvalue weighted by Gasteiger charge is 2.15. The van der Waals surface area contributed by atoms with Gasteiger partial charge in [0.05, 0.1) is 12.2 Å². The molecule has 0 spiro atoms. The number of amides is 2. The number of hydrogen-bond donors (Lipinski definition) is 3. The van der Waals surface area contributed by atoms with Crippen molar-refractivity contribution in [3.05, 3.63) is 29.6 Å². The van der Waals surface area contributed by atoms with Gasteiger partial charge < -0.3 is 15.7 Å². The number of carbonyl (C=O) groups excluding carboxylic acids is 1. The van der Waals surface area contributed by atoms with E-state index in [0.717, 1.165) is 11.4 Å². The lowest BCUT2D eigenvalue weighted by Gasteiger charge is -2.21. The fourth-order valence-electron chi connectivity index (χ4n) is 1.80. The first kappa shape index (κ1) is 15.4. The molecule has 0 aliphatic heterocycles. The molecular weight excluding hydrogens is 242 g/mol. The molecule has 1 rings (SSSR count). The predicted molar refractivity (Wildman–Crippen MR) is 74.7 cm³/mol. The van der Waals surface area contributed by atoms with E-state index in [1.807, 2.05) is 39.0 Å². The summed E-state index contributed by atoms with van der Waals surface area (Å²) in [5.74, 6) is 0.287. The van der Waals surface area contributed by atoms with E-state index in [0.29, 0.717) is 13.0 Å². The lowest BCUT2D eigenvalue weighted by molar-refractivity contribution is 0.218. The summed E-state index contributed by atoms with van der Waals surface area (Å²) in [4.78, 5) is 16.1. The predicted octanol–water partition coefficient (Wildman–Crippen LogP) is 1.60. The summed E-state index contributed by atoms with van der Waals surface area (Å²) in [5, 5.41) is 14.6. The summed E-state index contributed by atoms with van der Waals surface area (Å²) in [6.07, 6.45) is 0.563. The Morgan fingerprint density at radius 1 is 1.42 bits per heavy atom. The van der Waals surface area contributed by atoms with Crippen LogP contribution in [0.25, 0.3) is 0 Å². The number of urea groups is 1. The van der Waals surface area contributed by atoms with Gasteiger partial charge in [0.15, 0.2) is 0 Å².